The standard InChI is InChI=1S/C41H58ClN9O10S/c1-7-24(5)35(49-36(54)30(18-23(3)4)47-37(55)32-22-44-16-17-45-32)38(56)48-31(19-26-12-10-9-11-13-26)40(58)51(34(53)20-27(43)8-2)41(59)39(57)50-62(60,61)33-15-14-28(21-29(33)42)46-25(6)52/h14-17,21-24,26-27,30-31,35H,7-13,18-20,43H2,1-6H3,(H,46,52)(H,47,55)(H,48,56)(H,49,54)(H,50,57)/t24-,27-,30-,31-,35-/m0/s1. The quantitative estimate of drug-likeness (QED) is 0.111. The van der Waals surface area contributed by atoms with Crippen molar-refractivity contribution in [3.05, 3.63) is 47.5 Å². The number of aromatic nitrogens is 2. The van der Waals surface area contributed by atoms with Crippen LogP contribution in [-0.2, 0) is 43.6 Å². The van der Waals surface area contributed by atoms with E-state index in [1.54, 1.807) is 25.5 Å². The smallest absolute Gasteiger partial charge is 0.326 e. The topological polar surface area (TPSA) is 286 Å². The van der Waals surface area contributed by atoms with Gasteiger partial charge in [0.15, 0.2) is 0 Å². The van der Waals surface area contributed by atoms with E-state index in [-0.39, 0.29) is 47.4 Å². The third kappa shape index (κ3) is 14.9. The third-order valence-corrected chi connectivity index (χ3v) is 12.2. The summed E-state index contributed by atoms with van der Waals surface area (Å²) in [6.07, 6.45) is 7.90. The largest absolute Gasteiger partial charge is 0.342 e. The predicted molar refractivity (Wildman–Crippen MR) is 228 cm³/mol. The van der Waals surface area contributed by atoms with Gasteiger partial charge < -0.3 is 27.0 Å². The molecule has 0 unspecified atom stereocenters. The number of nitrogens with zero attached hydrogens (tertiary/aromatic N) is 3. The zero-order valence-corrected chi connectivity index (χ0v) is 37.4. The molecule has 1 aromatic heterocycles. The highest BCUT2D eigenvalue weighted by Gasteiger charge is 2.42. The van der Waals surface area contributed by atoms with Crippen LogP contribution >= 0.6 is 11.6 Å². The minimum absolute atomic E-state index is 0.00709. The van der Waals surface area contributed by atoms with Crippen LogP contribution in [0.2, 0.25) is 5.02 Å². The lowest BCUT2D eigenvalue weighted by Crippen LogP contribution is -2.61. The van der Waals surface area contributed by atoms with Crippen LogP contribution in [0.1, 0.15) is 116 Å². The molecule has 3 rings (SSSR count). The summed E-state index contributed by atoms with van der Waals surface area (Å²) in [5.41, 5.74) is 6.14. The van der Waals surface area contributed by atoms with Crippen molar-refractivity contribution in [1.29, 1.82) is 0 Å². The van der Waals surface area contributed by atoms with E-state index < -0.39 is 104 Å². The number of amides is 8. The Labute approximate surface area is 366 Å². The lowest BCUT2D eigenvalue weighted by Gasteiger charge is -2.32. The molecule has 1 saturated carbocycles. The van der Waals surface area contributed by atoms with Crippen LogP contribution in [0.25, 0.3) is 0 Å². The number of halogens is 1. The molecule has 62 heavy (non-hydrogen) atoms. The molecule has 1 heterocycles. The van der Waals surface area contributed by atoms with E-state index in [0.717, 1.165) is 31.4 Å². The summed E-state index contributed by atoms with van der Waals surface area (Å²) in [5, 5.41) is 10.0. The molecule has 5 atom stereocenters. The van der Waals surface area contributed by atoms with Gasteiger partial charge in [0.25, 0.3) is 21.8 Å². The van der Waals surface area contributed by atoms with Crippen molar-refractivity contribution in [2.75, 3.05) is 5.32 Å². The summed E-state index contributed by atoms with van der Waals surface area (Å²) in [6, 6.07) is -1.62. The minimum atomic E-state index is -4.91. The fourth-order valence-electron chi connectivity index (χ4n) is 6.82. The van der Waals surface area contributed by atoms with E-state index in [2.05, 4.69) is 31.2 Å². The van der Waals surface area contributed by atoms with Crippen LogP contribution in [0.5, 0.6) is 0 Å². The van der Waals surface area contributed by atoms with Crippen LogP contribution in [0.15, 0.2) is 41.7 Å². The Balaban J connectivity index is 1.99. The molecule has 1 aliphatic rings. The number of nitrogens with two attached hydrogens (primary N) is 1. The Morgan fingerprint density at radius 2 is 1.58 bits per heavy atom. The van der Waals surface area contributed by atoms with Gasteiger partial charge in [-0.2, -0.15) is 0 Å². The Morgan fingerprint density at radius 3 is 2.15 bits per heavy atom. The zero-order chi connectivity index (χ0) is 46.3. The first kappa shape index (κ1) is 51.0. The van der Waals surface area contributed by atoms with Crippen LogP contribution in [0.4, 0.5) is 5.69 Å². The number of anilines is 1. The van der Waals surface area contributed by atoms with Crippen LogP contribution < -0.4 is 31.7 Å². The molecule has 0 spiro atoms. The van der Waals surface area contributed by atoms with Gasteiger partial charge in [0.2, 0.25) is 23.6 Å². The highest BCUT2D eigenvalue weighted by molar-refractivity contribution is 7.90. The fraction of sp³-hybridized carbons (Fsp3) is 0.561. The molecule has 19 nitrogen and oxygen atoms in total. The van der Waals surface area contributed by atoms with Crippen molar-refractivity contribution < 1.29 is 46.8 Å². The zero-order valence-electron chi connectivity index (χ0n) is 35.9. The molecular formula is C41H58ClN9O10S. The van der Waals surface area contributed by atoms with Gasteiger partial charge in [0.1, 0.15) is 28.7 Å². The average molecular weight is 904 g/mol. The Morgan fingerprint density at radius 1 is 0.903 bits per heavy atom. The molecule has 1 aromatic carbocycles. The highest BCUT2D eigenvalue weighted by atomic mass is 35.5. The summed E-state index contributed by atoms with van der Waals surface area (Å²) >= 11 is 6.17. The maximum Gasteiger partial charge on any atom is 0.326 e. The van der Waals surface area contributed by atoms with Gasteiger partial charge in [-0.3, -0.25) is 43.3 Å². The molecule has 2 aromatic rings. The van der Waals surface area contributed by atoms with Crippen molar-refractivity contribution in [3.8, 4) is 0 Å². The van der Waals surface area contributed by atoms with Gasteiger partial charge in [-0.1, -0.05) is 84.7 Å². The number of imide groups is 3. The van der Waals surface area contributed by atoms with Crippen LogP contribution in [-0.4, -0.2) is 94.7 Å². The number of nitrogens with one attached hydrogen (secondary N) is 5. The van der Waals surface area contributed by atoms with Gasteiger partial charge >= 0.3 is 11.8 Å². The van der Waals surface area contributed by atoms with Crippen molar-refractivity contribution in [2.24, 2.45) is 23.5 Å². The first-order valence-electron chi connectivity index (χ1n) is 20.7. The van der Waals surface area contributed by atoms with E-state index in [1.807, 2.05) is 13.8 Å². The van der Waals surface area contributed by atoms with Gasteiger partial charge in [0.05, 0.1) is 11.2 Å². The number of benzene rings is 1. The highest BCUT2D eigenvalue weighted by Crippen LogP contribution is 2.29. The Hall–Kier alpha value is -5.34. The lowest BCUT2D eigenvalue weighted by atomic mass is 9.84. The van der Waals surface area contributed by atoms with E-state index >= 15 is 0 Å². The van der Waals surface area contributed by atoms with E-state index in [9.17, 15) is 46.8 Å². The number of carbonyl (C=O) groups is 8. The van der Waals surface area contributed by atoms with Gasteiger partial charge in [0, 0.05) is 37.5 Å². The van der Waals surface area contributed by atoms with E-state index in [0.29, 0.717) is 19.3 Å². The fourth-order valence-corrected chi connectivity index (χ4v) is 8.31. The second-order valence-corrected chi connectivity index (χ2v) is 18.0. The van der Waals surface area contributed by atoms with Gasteiger partial charge in [-0.25, -0.2) is 23.0 Å². The number of sulfonamides is 1. The number of carbonyl (C=O) groups excluding carboxylic acids is 8. The number of hydrogen-bond donors (Lipinski definition) is 6. The van der Waals surface area contributed by atoms with Crippen molar-refractivity contribution >= 4 is 74.6 Å². The maximum atomic E-state index is 14.6. The van der Waals surface area contributed by atoms with E-state index in [1.165, 1.54) is 31.6 Å². The summed E-state index contributed by atoms with van der Waals surface area (Å²) in [4.78, 5) is 116. The molecule has 0 saturated heterocycles. The molecule has 0 aliphatic heterocycles. The van der Waals surface area contributed by atoms with Crippen LogP contribution in [0, 0.1) is 17.8 Å². The molecule has 21 heteroatoms. The summed E-state index contributed by atoms with van der Waals surface area (Å²) in [6.45, 7) is 10.0. The number of rotatable bonds is 19. The third-order valence-electron chi connectivity index (χ3n) is 10.4. The molecule has 8 amide bonds. The first-order chi connectivity index (χ1) is 29.2. The molecule has 1 fully saturated rings. The molecule has 0 radical (unpaired) electrons. The average Bonchev–Trinajstić information content (AvgIpc) is 3.21. The summed E-state index contributed by atoms with van der Waals surface area (Å²) in [5.74, 6) is -9.74. The molecule has 1 aliphatic carbocycles. The Bertz CT molecular complexity index is 2070. The predicted octanol–water partition coefficient (Wildman–Crippen LogP) is 2.73. The first-order valence-corrected chi connectivity index (χ1v) is 22.5. The SMILES string of the molecule is CC[C@H](N)CC(=O)N(C(=O)C(=O)NS(=O)(=O)c1ccc(NC(C)=O)cc1Cl)C(=O)[C@H](CC1CCCCC1)NC(=O)[C@@H](NC(=O)[C@H](CC(C)C)NC(=O)c1cnccn1)[C@@H](C)CC. The molecular weight excluding hydrogens is 846 g/mol. The lowest BCUT2D eigenvalue weighted by molar-refractivity contribution is -0.160. The van der Waals surface area contributed by atoms with Crippen molar-refractivity contribution in [2.45, 2.75) is 135 Å². The summed E-state index contributed by atoms with van der Waals surface area (Å²) in [7, 11) is -4.91. The van der Waals surface area contributed by atoms with Gasteiger partial charge in [-0.05, 0) is 55.2 Å². The van der Waals surface area contributed by atoms with Crippen LogP contribution in [0.3, 0.4) is 0 Å². The second-order valence-electron chi connectivity index (χ2n) is 15.9. The van der Waals surface area contributed by atoms with Crippen molar-refractivity contribution in [1.82, 2.24) is 35.5 Å². The van der Waals surface area contributed by atoms with E-state index in [4.69, 9.17) is 17.3 Å². The number of hydrogen-bond acceptors (Lipinski definition) is 13. The molecule has 340 valence electrons. The monoisotopic (exact) mass is 903 g/mol. The molecule has 0 bridgehead atoms. The minimum Gasteiger partial charge on any atom is -0.342 e. The second kappa shape index (κ2) is 23.8. The van der Waals surface area contributed by atoms with Crippen molar-refractivity contribution in [3.63, 3.8) is 0 Å². The normalized spacial score (nSPS) is 15.5. The van der Waals surface area contributed by atoms with Gasteiger partial charge in [-0.15, -0.1) is 0 Å². The molecule has 7 N–H and O–H groups in total. The summed E-state index contributed by atoms with van der Waals surface area (Å²) < 4.78 is 28.2. The maximum absolute atomic E-state index is 14.6. The Kier molecular flexibility index (Phi) is 19.5.